The molecular weight excluding hydrogens is 409 g/mol. The van der Waals surface area contributed by atoms with Crippen LogP contribution in [0.5, 0.6) is 5.75 Å². The molecule has 0 radical (unpaired) electrons. The molecule has 0 bridgehead atoms. The van der Waals surface area contributed by atoms with E-state index in [-0.39, 0.29) is 28.9 Å². The molecule has 10 heteroatoms. The van der Waals surface area contributed by atoms with Crippen molar-refractivity contribution in [2.75, 3.05) is 4.90 Å². The minimum atomic E-state index is -4.40. The number of rotatable bonds is 3. The van der Waals surface area contributed by atoms with Crippen LogP contribution in [-0.4, -0.2) is 32.0 Å². The number of carbonyl (C=O) groups is 1. The molecule has 1 amide bonds. The van der Waals surface area contributed by atoms with Crippen molar-refractivity contribution >= 4 is 23.2 Å². The van der Waals surface area contributed by atoms with Gasteiger partial charge in [0.15, 0.2) is 0 Å². The van der Waals surface area contributed by atoms with Crippen LogP contribution >= 0.6 is 11.6 Å². The van der Waals surface area contributed by atoms with Crippen LogP contribution in [0.25, 0.3) is 11.3 Å². The van der Waals surface area contributed by atoms with Crippen LogP contribution in [0.3, 0.4) is 0 Å². The van der Waals surface area contributed by atoms with E-state index in [9.17, 15) is 23.1 Å². The molecule has 4 rings (SSSR count). The molecular formula is C19H14ClF3N4O2. The highest BCUT2D eigenvalue weighted by atomic mass is 35.5. The highest BCUT2D eigenvalue weighted by Gasteiger charge is 2.34. The lowest BCUT2D eigenvalue weighted by molar-refractivity contribution is -0.142. The zero-order valence-electron chi connectivity index (χ0n) is 15.0. The smallest absolute Gasteiger partial charge is 0.408 e. The Labute approximate surface area is 168 Å². The number of anilines is 1. The minimum Gasteiger partial charge on any atom is -0.506 e. The predicted octanol–water partition coefficient (Wildman–Crippen LogP) is 4.34. The van der Waals surface area contributed by atoms with Crippen molar-refractivity contribution in [3.8, 4) is 17.0 Å². The Morgan fingerprint density at radius 3 is 2.72 bits per heavy atom. The minimum absolute atomic E-state index is 0.0844. The summed E-state index contributed by atoms with van der Waals surface area (Å²) >= 11 is 5.84. The van der Waals surface area contributed by atoms with Gasteiger partial charge in [0, 0.05) is 11.8 Å². The molecule has 29 heavy (non-hydrogen) atoms. The number of benzene rings is 1. The lowest BCUT2D eigenvalue weighted by Crippen LogP contribution is -2.23. The van der Waals surface area contributed by atoms with Gasteiger partial charge in [-0.25, -0.2) is 0 Å². The van der Waals surface area contributed by atoms with Crippen LogP contribution in [0.15, 0.2) is 36.7 Å². The van der Waals surface area contributed by atoms with E-state index in [0.717, 1.165) is 4.68 Å². The molecule has 1 aromatic carbocycles. The topological polar surface area (TPSA) is 71.2 Å². The van der Waals surface area contributed by atoms with E-state index in [0.29, 0.717) is 28.1 Å². The number of phenols is 1. The fourth-order valence-electron chi connectivity index (χ4n) is 3.29. The molecule has 0 unspecified atom stereocenters. The van der Waals surface area contributed by atoms with Crippen LogP contribution in [0, 0.1) is 6.92 Å². The van der Waals surface area contributed by atoms with E-state index < -0.39 is 12.7 Å². The lowest BCUT2D eigenvalue weighted by atomic mass is 10.0. The molecule has 0 atom stereocenters. The third kappa shape index (κ3) is 3.65. The second-order valence-electron chi connectivity index (χ2n) is 6.71. The second kappa shape index (κ2) is 6.77. The average molecular weight is 423 g/mol. The Balaban J connectivity index is 1.66. The number of amides is 1. The maximum Gasteiger partial charge on any atom is 0.408 e. The Kier molecular flexibility index (Phi) is 4.49. The van der Waals surface area contributed by atoms with Crippen LogP contribution in [0.2, 0.25) is 5.02 Å². The number of hydrogen-bond acceptors (Lipinski definition) is 4. The first-order valence-electron chi connectivity index (χ1n) is 8.53. The zero-order chi connectivity index (χ0) is 20.9. The number of aromatic nitrogens is 3. The molecule has 0 aliphatic carbocycles. The summed E-state index contributed by atoms with van der Waals surface area (Å²) in [5.41, 5.74) is 3.04. The maximum atomic E-state index is 12.8. The number of hydrogen-bond donors (Lipinski definition) is 1. The summed E-state index contributed by atoms with van der Waals surface area (Å²) in [7, 11) is 0. The van der Waals surface area contributed by atoms with Gasteiger partial charge in [0.25, 0.3) is 5.91 Å². The first-order chi connectivity index (χ1) is 13.6. The quantitative estimate of drug-likeness (QED) is 0.681. The van der Waals surface area contributed by atoms with Gasteiger partial charge in [-0.1, -0.05) is 17.7 Å². The number of halogens is 4. The maximum absolute atomic E-state index is 12.8. The largest absolute Gasteiger partial charge is 0.506 e. The number of pyridine rings is 1. The van der Waals surface area contributed by atoms with Gasteiger partial charge in [0.2, 0.25) is 0 Å². The molecule has 0 saturated heterocycles. The molecule has 1 N–H and O–H groups in total. The van der Waals surface area contributed by atoms with Crippen LogP contribution in [-0.2, 0) is 13.1 Å². The van der Waals surface area contributed by atoms with Crippen LogP contribution in [0.1, 0.15) is 21.6 Å². The molecule has 2 aromatic heterocycles. The molecule has 0 spiro atoms. The Bertz CT molecular complexity index is 1130. The van der Waals surface area contributed by atoms with Gasteiger partial charge in [0.1, 0.15) is 12.3 Å². The Hall–Kier alpha value is -3.07. The van der Waals surface area contributed by atoms with E-state index in [1.807, 2.05) is 0 Å². The highest BCUT2D eigenvalue weighted by molar-refractivity contribution is 6.32. The van der Waals surface area contributed by atoms with E-state index in [1.165, 1.54) is 23.4 Å². The molecule has 3 aromatic rings. The first kappa shape index (κ1) is 19.3. The van der Waals surface area contributed by atoms with Crippen molar-refractivity contribution in [1.29, 1.82) is 0 Å². The molecule has 150 valence electrons. The van der Waals surface area contributed by atoms with Gasteiger partial charge in [0.05, 0.1) is 40.4 Å². The molecule has 0 saturated carbocycles. The predicted molar refractivity (Wildman–Crippen MR) is 99.9 cm³/mol. The average Bonchev–Trinajstić information content (AvgIpc) is 3.20. The van der Waals surface area contributed by atoms with E-state index in [2.05, 4.69) is 10.1 Å². The summed E-state index contributed by atoms with van der Waals surface area (Å²) in [6, 6.07) is 6.44. The van der Waals surface area contributed by atoms with E-state index in [1.54, 1.807) is 25.1 Å². The number of aryl methyl sites for hydroxylation is 1. The van der Waals surface area contributed by atoms with Crippen molar-refractivity contribution in [3.63, 3.8) is 0 Å². The molecule has 6 nitrogen and oxygen atoms in total. The van der Waals surface area contributed by atoms with Crippen molar-refractivity contribution in [2.24, 2.45) is 0 Å². The standard InChI is InChI=1S/C19H14ClF3N4O2/c1-10-4-14(11-2-3-13(20)16(28)5-11)25-15-8-27(18(29)17(10)15)12-6-24-26(7-12)9-19(21,22)23/h2-7,28H,8-9H2,1H3. The van der Waals surface area contributed by atoms with Gasteiger partial charge < -0.3 is 5.11 Å². The summed E-state index contributed by atoms with van der Waals surface area (Å²) < 4.78 is 38.4. The number of carbonyl (C=O) groups excluding carboxylic acids is 1. The van der Waals surface area contributed by atoms with Gasteiger partial charge in [-0.15, -0.1) is 0 Å². The number of nitrogens with zero attached hydrogens (tertiary/aromatic N) is 4. The highest BCUT2D eigenvalue weighted by Crippen LogP contribution is 2.34. The number of phenolic OH excluding ortho intramolecular Hbond substituents is 1. The number of fused-ring (bicyclic) bond motifs is 1. The van der Waals surface area contributed by atoms with Gasteiger partial charge in [-0.2, -0.15) is 18.3 Å². The summed E-state index contributed by atoms with van der Waals surface area (Å²) in [5.74, 6) is -0.430. The van der Waals surface area contributed by atoms with Gasteiger partial charge >= 0.3 is 6.18 Å². The third-order valence-corrected chi connectivity index (χ3v) is 4.89. The Morgan fingerprint density at radius 1 is 1.28 bits per heavy atom. The Morgan fingerprint density at radius 2 is 2.03 bits per heavy atom. The molecule has 3 heterocycles. The zero-order valence-corrected chi connectivity index (χ0v) is 15.8. The van der Waals surface area contributed by atoms with E-state index in [4.69, 9.17) is 11.6 Å². The fourth-order valence-corrected chi connectivity index (χ4v) is 3.41. The van der Waals surface area contributed by atoms with Crippen LogP contribution in [0.4, 0.5) is 18.9 Å². The molecule has 0 fully saturated rings. The lowest BCUT2D eigenvalue weighted by Gasteiger charge is -2.12. The van der Waals surface area contributed by atoms with Crippen molar-refractivity contribution in [3.05, 3.63) is 58.5 Å². The number of aromatic hydroxyl groups is 1. The fraction of sp³-hybridized carbons (Fsp3) is 0.211. The third-order valence-electron chi connectivity index (χ3n) is 4.57. The summed E-state index contributed by atoms with van der Waals surface area (Å²) in [6.45, 7) is 0.637. The van der Waals surface area contributed by atoms with E-state index >= 15 is 0 Å². The SMILES string of the molecule is Cc1cc(-c2ccc(Cl)c(O)c2)nc2c1C(=O)N(c1cnn(CC(F)(F)F)c1)C2. The summed E-state index contributed by atoms with van der Waals surface area (Å²) in [5, 5.41) is 13.7. The van der Waals surface area contributed by atoms with Crippen LogP contribution < -0.4 is 4.90 Å². The van der Waals surface area contributed by atoms with Crippen molar-refractivity contribution in [1.82, 2.24) is 14.8 Å². The first-order valence-corrected chi connectivity index (χ1v) is 8.90. The van der Waals surface area contributed by atoms with Crippen molar-refractivity contribution in [2.45, 2.75) is 26.2 Å². The molecule has 1 aliphatic heterocycles. The monoisotopic (exact) mass is 422 g/mol. The summed E-state index contributed by atoms with van der Waals surface area (Å²) in [6.07, 6.45) is -1.99. The van der Waals surface area contributed by atoms with Gasteiger partial charge in [-0.05, 0) is 30.7 Å². The van der Waals surface area contributed by atoms with Crippen molar-refractivity contribution < 1.29 is 23.1 Å². The van der Waals surface area contributed by atoms with Gasteiger partial charge in [-0.3, -0.25) is 19.4 Å². The molecule has 1 aliphatic rings. The normalized spacial score (nSPS) is 13.8. The second-order valence-corrected chi connectivity index (χ2v) is 7.12. The number of alkyl halides is 3. The summed E-state index contributed by atoms with van der Waals surface area (Å²) in [4.78, 5) is 18.7.